The van der Waals surface area contributed by atoms with E-state index in [2.05, 4.69) is 25.8 Å². The Bertz CT molecular complexity index is 232. The van der Waals surface area contributed by atoms with Crippen molar-refractivity contribution in [1.29, 1.82) is 0 Å². The third-order valence-electron chi connectivity index (χ3n) is 3.32. The van der Waals surface area contributed by atoms with Gasteiger partial charge in [0.15, 0.2) is 0 Å². The maximum Gasteiger partial charge on any atom is 0.307 e. The van der Waals surface area contributed by atoms with E-state index in [1.807, 2.05) is 6.92 Å². The SMILES string of the molecule is CCOC(=O)CC(C)N(C)C1CCOC1C. The van der Waals surface area contributed by atoms with Gasteiger partial charge in [0.05, 0.1) is 19.1 Å². The van der Waals surface area contributed by atoms with Crippen LogP contribution in [0, 0.1) is 0 Å². The van der Waals surface area contributed by atoms with Crippen LogP contribution in [0.2, 0.25) is 0 Å². The Balaban J connectivity index is 2.40. The number of ether oxygens (including phenoxy) is 2. The van der Waals surface area contributed by atoms with Gasteiger partial charge in [-0.25, -0.2) is 0 Å². The summed E-state index contributed by atoms with van der Waals surface area (Å²) in [7, 11) is 2.06. The first-order valence-corrected chi connectivity index (χ1v) is 6.05. The molecule has 1 fully saturated rings. The van der Waals surface area contributed by atoms with Crippen molar-refractivity contribution in [2.45, 2.75) is 51.8 Å². The van der Waals surface area contributed by atoms with Crippen LogP contribution in [0.25, 0.3) is 0 Å². The molecule has 1 heterocycles. The van der Waals surface area contributed by atoms with Gasteiger partial charge in [0.25, 0.3) is 0 Å². The van der Waals surface area contributed by atoms with E-state index < -0.39 is 0 Å². The first kappa shape index (κ1) is 13.5. The number of carbonyl (C=O) groups excluding carboxylic acids is 1. The molecule has 94 valence electrons. The van der Waals surface area contributed by atoms with E-state index in [0.717, 1.165) is 13.0 Å². The molecular formula is C12H23NO3. The molecule has 0 aromatic carbocycles. The van der Waals surface area contributed by atoms with E-state index in [4.69, 9.17) is 9.47 Å². The molecule has 4 nitrogen and oxygen atoms in total. The molecular weight excluding hydrogens is 206 g/mol. The average molecular weight is 229 g/mol. The molecule has 1 aliphatic rings. The highest BCUT2D eigenvalue weighted by Gasteiger charge is 2.30. The first-order valence-electron chi connectivity index (χ1n) is 6.05. The summed E-state index contributed by atoms with van der Waals surface area (Å²) in [5, 5.41) is 0. The highest BCUT2D eigenvalue weighted by Crippen LogP contribution is 2.21. The number of likely N-dealkylation sites (N-methyl/N-ethyl adjacent to an activating group) is 1. The molecule has 0 amide bonds. The lowest BCUT2D eigenvalue weighted by atomic mass is 10.1. The predicted octanol–water partition coefficient (Wildman–Crippen LogP) is 1.44. The minimum Gasteiger partial charge on any atom is -0.466 e. The van der Waals surface area contributed by atoms with Crippen molar-refractivity contribution in [3.63, 3.8) is 0 Å². The summed E-state index contributed by atoms with van der Waals surface area (Å²) in [5.74, 6) is -0.117. The van der Waals surface area contributed by atoms with E-state index in [-0.39, 0.29) is 18.1 Å². The number of carbonyl (C=O) groups is 1. The molecule has 0 bridgehead atoms. The summed E-state index contributed by atoms with van der Waals surface area (Å²) in [6, 6.07) is 0.623. The Labute approximate surface area is 97.9 Å². The Morgan fingerprint density at radius 2 is 2.31 bits per heavy atom. The highest BCUT2D eigenvalue weighted by atomic mass is 16.5. The largest absolute Gasteiger partial charge is 0.466 e. The van der Waals surface area contributed by atoms with Gasteiger partial charge in [0.1, 0.15) is 0 Å². The summed E-state index contributed by atoms with van der Waals surface area (Å²) in [6.45, 7) is 7.26. The van der Waals surface area contributed by atoms with Gasteiger partial charge in [-0.1, -0.05) is 0 Å². The lowest BCUT2D eigenvalue weighted by Crippen LogP contribution is -2.43. The average Bonchev–Trinajstić information content (AvgIpc) is 2.63. The normalized spacial score (nSPS) is 27.1. The molecule has 0 N–H and O–H groups in total. The van der Waals surface area contributed by atoms with Crippen LogP contribution < -0.4 is 0 Å². The minimum atomic E-state index is -0.117. The van der Waals surface area contributed by atoms with Gasteiger partial charge in [-0.3, -0.25) is 9.69 Å². The fourth-order valence-corrected chi connectivity index (χ4v) is 2.19. The molecule has 0 aromatic heterocycles. The molecule has 1 saturated heterocycles. The third kappa shape index (κ3) is 3.46. The van der Waals surface area contributed by atoms with Crippen molar-refractivity contribution in [2.24, 2.45) is 0 Å². The lowest BCUT2D eigenvalue weighted by molar-refractivity contribution is -0.144. The van der Waals surface area contributed by atoms with Crippen LogP contribution >= 0.6 is 0 Å². The van der Waals surface area contributed by atoms with Gasteiger partial charge in [-0.15, -0.1) is 0 Å². The number of hydrogen-bond donors (Lipinski definition) is 0. The van der Waals surface area contributed by atoms with E-state index in [1.165, 1.54) is 0 Å². The van der Waals surface area contributed by atoms with Gasteiger partial charge >= 0.3 is 5.97 Å². The number of nitrogens with zero attached hydrogens (tertiary/aromatic N) is 1. The molecule has 0 aliphatic carbocycles. The van der Waals surface area contributed by atoms with Crippen molar-refractivity contribution in [2.75, 3.05) is 20.3 Å². The molecule has 1 rings (SSSR count). The number of hydrogen-bond acceptors (Lipinski definition) is 4. The molecule has 0 aromatic rings. The molecule has 0 saturated carbocycles. The van der Waals surface area contributed by atoms with Crippen LogP contribution in [-0.2, 0) is 14.3 Å². The molecule has 3 atom stereocenters. The standard InChI is InChI=1S/C12H23NO3/c1-5-15-12(14)8-9(2)13(4)11-6-7-16-10(11)3/h9-11H,5-8H2,1-4H3. The Morgan fingerprint density at radius 3 is 2.81 bits per heavy atom. The zero-order chi connectivity index (χ0) is 12.1. The van der Waals surface area contributed by atoms with Crippen molar-refractivity contribution < 1.29 is 14.3 Å². The fraction of sp³-hybridized carbons (Fsp3) is 0.917. The van der Waals surface area contributed by atoms with E-state index in [0.29, 0.717) is 19.1 Å². The Morgan fingerprint density at radius 1 is 1.62 bits per heavy atom. The van der Waals surface area contributed by atoms with Crippen molar-refractivity contribution in [3.05, 3.63) is 0 Å². The summed E-state index contributed by atoms with van der Waals surface area (Å²) < 4.78 is 10.5. The third-order valence-corrected chi connectivity index (χ3v) is 3.32. The molecule has 3 unspecified atom stereocenters. The number of rotatable bonds is 5. The van der Waals surface area contributed by atoms with Crippen molar-refractivity contribution in [3.8, 4) is 0 Å². The van der Waals surface area contributed by atoms with Gasteiger partial charge in [0, 0.05) is 18.7 Å². The molecule has 0 radical (unpaired) electrons. The first-order chi connectivity index (χ1) is 7.56. The van der Waals surface area contributed by atoms with Crippen molar-refractivity contribution >= 4 is 5.97 Å². The topological polar surface area (TPSA) is 38.8 Å². The molecule has 4 heteroatoms. The van der Waals surface area contributed by atoms with Crippen molar-refractivity contribution in [1.82, 2.24) is 4.90 Å². The van der Waals surface area contributed by atoms with E-state index in [9.17, 15) is 4.79 Å². The Kier molecular flexibility index (Phi) is 5.22. The van der Waals surface area contributed by atoms with Crippen LogP contribution in [-0.4, -0.2) is 49.3 Å². The van der Waals surface area contributed by atoms with Gasteiger partial charge in [0.2, 0.25) is 0 Å². The minimum absolute atomic E-state index is 0.117. The van der Waals surface area contributed by atoms with Gasteiger partial charge < -0.3 is 9.47 Å². The monoisotopic (exact) mass is 229 g/mol. The summed E-state index contributed by atoms with van der Waals surface area (Å²) in [4.78, 5) is 13.6. The maximum atomic E-state index is 11.4. The van der Waals surface area contributed by atoms with Crippen LogP contribution in [0.4, 0.5) is 0 Å². The van der Waals surface area contributed by atoms with E-state index in [1.54, 1.807) is 0 Å². The zero-order valence-corrected chi connectivity index (χ0v) is 10.7. The second kappa shape index (κ2) is 6.21. The Hall–Kier alpha value is -0.610. The van der Waals surface area contributed by atoms with Crippen LogP contribution in [0.5, 0.6) is 0 Å². The fourth-order valence-electron chi connectivity index (χ4n) is 2.19. The number of esters is 1. The highest BCUT2D eigenvalue weighted by molar-refractivity contribution is 5.70. The van der Waals surface area contributed by atoms with E-state index >= 15 is 0 Å². The second-order valence-electron chi connectivity index (χ2n) is 4.46. The maximum absolute atomic E-state index is 11.4. The van der Waals surface area contributed by atoms with Crippen LogP contribution in [0.1, 0.15) is 33.6 Å². The smallest absolute Gasteiger partial charge is 0.307 e. The lowest BCUT2D eigenvalue weighted by Gasteiger charge is -2.31. The summed E-state index contributed by atoms with van der Waals surface area (Å²) >= 11 is 0. The van der Waals surface area contributed by atoms with Gasteiger partial charge in [-0.05, 0) is 34.2 Å². The van der Waals surface area contributed by atoms with Crippen LogP contribution in [0.3, 0.4) is 0 Å². The zero-order valence-electron chi connectivity index (χ0n) is 10.7. The molecule has 16 heavy (non-hydrogen) atoms. The summed E-state index contributed by atoms with van der Waals surface area (Å²) in [6.07, 6.45) is 1.76. The predicted molar refractivity (Wildman–Crippen MR) is 62.3 cm³/mol. The quantitative estimate of drug-likeness (QED) is 0.669. The molecule has 0 spiro atoms. The second-order valence-corrected chi connectivity index (χ2v) is 4.46. The van der Waals surface area contributed by atoms with Crippen LogP contribution in [0.15, 0.2) is 0 Å². The van der Waals surface area contributed by atoms with Gasteiger partial charge in [-0.2, -0.15) is 0 Å². The molecule has 1 aliphatic heterocycles. The summed E-state index contributed by atoms with van der Waals surface area (Å²) in [5.41, 5.74) is 0.